The summed E-state index contributed by atoms with van der Waals surface area (Å²) in [6, 6.07) is 6.47. The van der Waals surface area contributed by atoms with Crippen LogP contribution in [0.5, 0.6) is 5.75 Å². The summed E-state index contributed by atoms with van der Waals surface area (Å²) in [6.07, 6.45) is 5.20. The van der Waals surface area contributed by atoms with Crippen molar-refractivity contribution in [1.82, 2.24) is 10.6 Å². The summed E-state index contributed by atoms with van der Waals surface area (Å²) in [7, 11) is 0. The normalized spacial score (nSPS) is 10.8. The molecule has 7 heteroatoms. The third kappa shape index (κ3) is 10.1. The van der Waals surface area contributed by atoms with E-state index in [0.717, 1.165) is 23.7 Å². The molecule has 0 saturated heterocycles. The van der Waals surface area contributed by atoms with E-state index in [1.807, 2.05) is 0 Å². The highest BCUT2D eigenvalue weighted by molar-refractivity contribution is 8.00. The summed E-state index contributed by atoms with van der Waals surface area (Å²) in [5, 5.41) is 15.2. The lowest BCUT2D eigenvalue weighted by molar-refractivity contribution is -0.118. The smallest absolute Gasteiger partial charge is 0.255 e. The Bertz CT molecular complexity index is 565. The van der Waals surface area contributed by atoms with E-state index >= 15 is 0 Å². The van der Waals surface area contributed by atoms with Crippen LogP contribution in [-0.4, -0.2) is 53.0 Å². The van der Waals surface area contributed by atoms with E-state index in [0.29, 0.717) is 18.8 Å². The molecule has 2 amide bonds. The Morgan fingerprint density at radius 3 is 2.52 bits per heavy atom. The van der Waals surface area contributed by atoms with E-state index in [4.69, 9.17) is 0 Å². The molecule has 0 aromatic heterocycles. The van der Waals surface area contributed by atoms with Crippen molar-refractivity contribution >= 4 is 35.3 Å². The predicted molar refractivity (Wildman–Crippen MR) is 108 cm³/mol. The van der Waals surface area contributed by atoms with Crippen LogP contribution >= 0.6 is 23.5 Å². The fourth-order valence-electron chi connectivity index (χ4n) is 1.87. The molecular weight excluding hydrogens is 356 g/mol. The largest absolute Gasteiger partial charge is 0.507 e. The van der Waals surface area contributed by atoms with E-state index in [2.05, 4.69) is 29.7 Å². The van der Waals surface area contributed by atoms with Crippen LogP contribution in [0.4, 0.5) is 0 Å². The Balaban J connectivity index is 2.00. The topological polar surface area (TPSA) is 78.4 Å². The van der Waals surface area contributed by atoms with Gasteiger partial charge in [0, 0.05) is 30.3 Å². The number of aromatic hydroxyl groups is 1. The van der Waals surface area contributed by atoms with Crippen LogP contribution in [0, 0.1) is 0 Å². The molecule has 5 nitrogen and oxygen atoms in total. The highest BCUT2D eigenvalue weighted by atomic mass is 32.2. The lowest BCUT2D eigenvalue weighted by Crippen LogP contribution is -2.28. The lowest BCUT2D eigenvalue weighted by atomic mass is 10.2. The number of para-hydroxylation sites is 1. The molecule has 0 unspecified atom stereocenters. The third-order valence-corrected chi connectivity index (χ3v) is 4.98. The zero-order valence-corrected chi connectivity index (χ0v) is 16.1. The molecule has 1 rings (SSSR count). The van der Waals surface area contributed by atoms with Crippen molar-refractivity contribution in [2.75, 3.05) is 36.1 Å². The second-order valence-corrected chi connectivity index (χ2v) is 7.39. The number of amides is 2. The predicted octanol–water partition coefficient (Wildman–Crippen LogP) is 2.67. The quantitative estimate of drug-likeness (QED) is 0.383. The standard InChI is InChI=1S/C18H26N2O3S2/c1-2-3-6-11-25-14-17(22)19-9-12-24-13-10-20-18(23)15-7-4-5-8-16(15)21/h3-8,21H,2,9-14H2,1H3,(H,19,22)(H,20,23)/b6-3-. The van der Waals surface area contributed by atoms with Crippen LogP contribution in [-0.2, 0) is 4.79 Å². The summed E-state index contributed by atoms with van der Waals surface area (Å²) in [4.78, 5) is 23.5. The van der Waals surface area contributed by atoms with Gasteiger partial charge in [-0.15, -0.1) is 11.8 Å². The zero-order valence-electron chi connectivity index (χ0n) is 14.5. The molecule has 138 valence electrons. The molecule has 25 heavy (non-hydrogen) atoms. The van der Waals surface area contributed by atoms with Crippen molar-refractivity contribution in [3.8, 4) is 5.75 Å². The Labute approximate surface area is 158 Å². The van der Waals surface area contributed by atoms with Gasteiger partial charge < -0.3 is 15.7 Å². The Morgan fingerprint density at radius 2 is 1.80 bits per heavy atom. The van der Waals surface area contributed by atoms with Gasteiger partial charge in [0.25, 0.3) is 5.91 Å². The minimum Gasteiger partial charge on any atom is -0.507 e. The van der Waals surface area contributed by atoms with Gasteiger partial charge in [-0.2, -0.15) is 11.8 Å². The molecule has 0 spiro atoms. The van der Waals surface area contributed by atoms with Crippen molar-refractivity contribution in [2.45, 2.75) is 13.3 Å². The zero-order chi connectivity index (χ0) is 18.3. The number of hydrogen-bond acceptors (Lipinski definition) is 5. The maximum Gasteiger partial charge on any atom is 0.255 e. The van der Waals surface area contributed by atoms with Crippen molar-refractivity contribution in [1.29, 1.82) is 0 Å². The highest BCUT2D eigenvalue weighted by Crippen LogP contribution is 2.14. The van der Waals surface area contributed by atoms with Crippen molar-refractivity contribution in [3.63, 3.8) is 0 Å². The number of nitrogens with one attached hydrogen (secondary N) is 2. The van der Waals surface area contributed by atoms with Gasteiger partial charge in [-0.25, -0.2) is 0 Å². The molecule has 0 aliphatic rings. The molecule has 0 fully saturated rings. The van der Waals surface area contributed by atoms with E-state index in [-0.39, 0.29) is 23.1 Å². The van der Waals surface area contributed by atoms with E-state index in [1.165, 1.54) is 6.07 Å². The number of benzene rings is 1. The van der Waals surface area contributed by atoms with Crippen LogP contribution in [0.2, 0.25) is 0 Å². The van der Waals surface area contributed by atoms with Gasteiger partial charge in [0.05, 0.1) is 11.3 Å². The first kappa shape index (κ1) is 21.4. The number of allylic oxidation sites excluding steroid dienone is 1. The molecule has 0 saturated carbocycles. The van der Waals surface area contributed by atoms with Crippen LogP contribution in [0.3, 0.4) is 0 Å². The van der Waals surface area contributed by atoms with E-state index in [9.17, 15) is 14.7 Å². The van der Waals surface area contributed by atoms with Crippen molar-refractivity contribution in [3.05, 3.63) is 42.0 Å². The molecule has 0 aliphatic carbocycles. The summed E-state index contributed by atoms with van der Waals surface area (Å²) < 4.78 is 0. The number of carbonyl (C=O) groups excluding carboxylic acids is 2. The SMILES string of the molecule is CC/C=C\CSCC(=O)NCCSCCNC(=O)c1ccccc1O. The van der Waals surface area contributed by atoms with Gasteiger partial charge in [0.2, 0.25) is 5.91 Å². The molecule has 0 bridgehead atoms. The summed E-state index contributed by atoms with van der Waals surface area (Å²) in [6.45, 7) is 3.23. The molecule has 0 heterocycles. The average Bonchev–Trinajstić information content (AvgIpc) is 2.61. The Hall–Kier alpha value is -1.60. The van der Waals surface area contributed by atoms with Crippen LogP contribution in [0.25, 0.3) is 0 Å². The molecule has 3 N–H and O–H groups in total. The second-order valence-electron chi connectivity index (χ2n) is 5.13. The summed E-state index contributed by atoms with van der Waals surface area (Å²) in [5.41, 5.74) is 0.283. The molecule has 0 aliphatic heterocycles. The Kier molecular flexibility index (Phi) is 11.7. The number of rotatable bonds is 12. The lowest BCUT2D eigenvalue weighted by Gasteiger charge is -2.07. The maximum absolute atomic E-state index is 11.9. The third-order valence-electron chi connectivity index (χ3n) is 3.10. The van der Waals surface area contributed by atoms with Crippen LogP contribution in [0.1, 0.15) is 23.7 Å². The van der Waals surface area contributed by atoms with Gasteiger partial charge in [-0.1, -0.05) is 31.2 Å². The number of phenolic OH excluding ortho intramolecular Hbond substituents is 1. The molecule has 1 aromatic carbocycles. The maximum atomic E-state index is 11.9. The molecule has 1 aromatic rings. The molecule has 0 radical (unpaired) electrons. The number of hydrogen-bond donors (Lipinski definition) is 3. The summed E-state index contributed by atoms with van der Waals surface area (Å²) in [5.74, 6) is 2.68. The van der Waals surface area contributed by atoms with E-state index in [1.54, 1.807) is 41.7 Å². The van der Waals surface area contributed by atoms with Crippen LogP contribution in [0.15, 0.2) is 36.4 Å². The number of carbonyl (C=O) groups is 2. The second kappa shape index (κ2) is 13.7. The van der Waals surface area contributed by atoms with Crippen LogP contribution < -0.4 is 10.6 Å². The number of phenols is 1. The number of thioether (sulfide) groups is 2. The minimum atomic E-state index is -0.277. The fourth-order valence-corrected chi connectivity index (χ4v) is 3.24. The highest BCUT2D eigenvalue weighted by Gasteiger charge is 2.08. The molecular formula is C18H26N2O3S2. The first-order valence-corrected chi connectivity index (χ1v) is 10.6. The van der Waals surface area contributed by atoms with E-state index < -0.39 is 0 Å². The summed E-state index contributed by atoms with van der Waals surface area (Å²) >= 11 is 3.26. The Morgan fingerprint density at radius 1 is 1.08 bits per heavy atom. The van der Waals surface area contributed by atoms with Gasteiger partial charge in [-0.05, 0) is 18.6 Å². The monoisotopic (exact) mass is 382 g/mol. The average molecular weight is 383 g/mol. The van der Waals surface area contributed by atoms with Crippen molar-refractivity contribution in [2.24, 2.45) is 0 Å². The first-order valence-electron chi connectivity index (χ1n) is 8.28. The van der Waals surface area contributed by atoms with Gasteiger partial charge in [-0.3, -0.25) is 9.59 Å². The van der Waals surface area contributed by atoms with Gasteiger partial charge >= 0.3 is 0 Å². The fraction of sp³-hybridized carbons (Fsp3) is 0.444. The molecule has 0 atom stereocenters. The first-order chi connectivity index (χ1) is 12.1. The minimum absolute atomic E-state index is 0.0154. The van der Waals surface area contributed by atoms with Crippen molar-refractivity contribution < 1.29 is 14.7 Å². The van der Waals surface area contributed by atoms with Gasteiger partial charge in [0.1, 0.15) is 5.75 Å². The van der Waals surface area contributed by atoms with Gasteiger partial charge in [0.15, 0.2) is 0 Å².